The Kier molecular flexibility index (Phi) is 3.76. The summed E-state index contributed by atoms with van der Waals surface area (Å²) in [5.74, 6) is 6.03. The SMILES string of the molecule is Cc1cnccc1C(NN)c1cc(Cl)cnc1N. The Morgan fingerprint density at radius 1 is 1.33 bits per heavy atom. The first-order chi connectivity index (χ1) is 8.63. The van der Waals surface area contributed by atoms with Crippen LogP contribution in [0.3, 0.4) is 0 Å². The van der Waals surface area contributed by atoms with Crippen LogP contribution in [0, 0.1) is 6.92 Å². The third kappa shape index (κ3) is 2.43. The van der Waals surface area contributed by atoms with Gasteiger partial charge in [-0.3, -0.25) is 10.8 Å². The first-order valence-corrected chi connectivity index (χ1v) is 5.79. The van der Waals surface area contributed by atoms with Gasteiger partial charge in [0.2, 0.25) is 0 Å². The molecule has 2 rings (SSSR count). The molecule has 2 aromatic heterocycles. The minimum absolute atomic E-state index is 0.265. The van der Waals surface area contributed by atoms with Gasteiger partial charge < -0.3 is 5.73 Å². The predicted molar refractivity (Wildman–Crippen MR) is 71.8 cm³/mol. The molecule has 0 radical (unpaired) electrons. The van der Waals surface area contributed by atoms with Gasteiger partial charge in [0.15, 0.2) is 0 Å². The molecule has 5 nitrogen and oxygen atoms in total. The quantitative estimate of drug-likeness (QED) is 0.578. The fraction of sp³-hybridized carbons (Fsp3) is 0.167. The number of pyridine rings is 2. The Hall–Kier alpha value is -1.69. The molecule has 0 bridgehead atoms. The van der Waals surface area contributed by atoms with E-state index in [9.17, 15) is 0 Å². The minimum Gasteiger partial charge on any atom is -0.383 e. The maximum absolute atomic E-state index is 5.95. The van der Waals surface area contributed by atoms with E-state index >= 15 is 0 Å². The Balaban J connectivity index is 2.52. The van der Waals surface area contributed by atoms with Crippen LogP contribution in [-0.2, 0) is 0 Å². The lowest BCUT2D eigenvalue weighted by Gasteiger charge is -2.19. The van der Waals surface area contributed by atoms with Crippen molar-refractivity contribution >= 4 is 17.4 Å². The lowest BCUT2D eigenvalue weighted by Crippen LogP contribution is -2.30. The van der Waals surface area contributed by atoms with Crippen LogP contribution >= 0.6 is 11.6 Å². The first-order valence-electron chi connectivity index (χ1n) is 5.41. The summed E-state index contributed by atoms with van der Waals surface area (Å²) in [6.07, 6.45) is 4.99. The summed E-state index contributed by atoms with van der Waals surface area (Å²) in [4.78, 5) is 8.09. The standard InChI is InChI=1S/C12H14ClN5/c1-7-5-16-3-2-9(7)11(18-15)10-4-8(13)6-17-12(10)14/h2-6,11,18H,15H2,1H3,(H2,14,17). The molecule has 0 aliphatic heterocycles. The van der Waals surface area contributed by atoms with Crippen LogP contribution in [0.15, 0.2) is 30.7 Å². The first kappa shape index (κ1) is 12.8. The molecule has 0 saturated carbocycles. The van der Waals surface area contributed by atoms with E-state index in [2.05, 4.69) is 15.4 Å². The predicted octanol–water partition coefficient (Wildman–Crippen LogP) is 1.57. The van der Waals surface area contributed by atoms with E-state index in [0.717, 1.165) is 16.7 Å². The van der Waals surface area contributed by atoms with E-state index < -0.39 is 0 Å². The second-order valence-electron chi connectivity index (χ2n) is 3.96. The zero-order chi connectivity index (χ0) is 13.1. The van der Waals surface area contributed by atoms with Crippen molar-refractivity contribution in [2.24, 2.45) is 5.84 Å². The number of hydrogen-bond donors (Lipinski definition) is 3. The van der Waals surface area contributed by atoms with E-state index in [4.69, 9.17) is 23.2 Å². The maximum Gasteiger partial charge on any atom is 0.128 e. The molecule has 0 aliphatic rings. The molecule has 0 spiro atoms. The number of rotatable bonds is 3. The highest BCUT2D eigenvalue weighted by molar-refractivity contribution is 6.30. The summed E-state index contributed by atoms with van der Waals surface area (Å²) in [5, 5.41) is 0.520. The molecule has 1 unspecified atom stereocenters. The maximum atomic E-state index is 5.95. The molecule has 1 atom stereocenters. The van der Waals surface area contributed by atoms with Crippen LogP contribution in [0.4, 0.5) is 5.82 Å². The second kappa shape index (κ2) is 5.30. The second-order valence-corrected chi connectivity index (χ2v) is 4.40. The Morgan fingerprint density at radius 3 is 2.78 bits per heavy atom. The van der Waals surface area contributed by atoms with E-state index in [0.29, 0.717) is 10.8 Å². The summed E-state index contributed by atoms with van der Waals surface area (Å²) >= 11 is 5.95. The van der Waals surface area contributed by atoms with Gasteiger partial charge in [0.25, 0.3) is 0 Å². The minimum atomic E-state index is -0.265. The number of nitrogens with zero attached hydrogens (tertiary/aromatic N) is 2. The number of nitrogen functional groups attached to an aromatic ring is 1. The van der Waals surface area contributed by atoms with Crippen molar-refractivity contribution in [2.75, 3.05) is 5.73 Å². The molecule has 18 heavy (non-hydrogen) atoms. The summed E-state index contributed by atoms with van der Waals surface area (Å²) in [5.41, 5.74) is 11.4. The molecule has 6 heteroatoms. The molecular formula is C12H14ClN5. The lowest BCUT2D eigenvalue weighted by molar-refractivity contribution is 0.632. The topological polar surface area (TPSA) is 89.8 Å². The van der Waals surface area contributed by atoms with Crippen molar-refractivity contribution in [2.45, 2.75) is 13.0 Å². The van der Waals surface area contributed by atoms with E-state index in [1.54, 1.807) is 18.5 Å². The fourth-order valence-electron chi connectivity index (χ4n) is 1.85. The number of anilines is 1. The van der Waals surface area contributed by atoms with Crippen LogP contribution in [0.5, 0.6) is 0 Å². The van der Waals surface area contributed by atoms with Gasteiger partial charge >= 0.3 is 0 Å². The number of hydrogen-bond acceptors (Lipinski definition) is 5. The molecular weight excluding hydrogens is 250 g/mol. The van der Waals surface area contributed by atoms with Gasteiger partial charge in [0.05, 0.1) is 11.1 Å². The lowest BCUT2D eigenvalue weighted by atomic mass is 9.97. The molecule has 5 N–H and O–H groups in total. The number of hydrazine groups is 1. The molecule has 0 saturated heterocycles. The zero-order valence-corrected chi connectivity index (χ0v) is 10.6. The Labute approximate surface area is 110 Å². The van der Waals surface area contributed by atoms with E-state index in [1.807, 2.05) is 13.0 Å². The van der Waals surface area contributed by atoms with Gasteiger partial charge in [0, 0.05) is 24.2 Å². The van der Waals surface area contributed by atoms with E-state index in [-0.39, 0.29) is 6.04 Å². The van der Waals surface area contributed by atoms with Gasteiger partial charge in [-0.25, -0.2) is 10.4 Å². The van der Waals surface area contributed by atoms with E-state index in [1.165, 1.54) is 6.20 Å². The zero-order valence-electron chi connectivity index (χ0n) is 9.89. The average molecular weight is 264 g/mol. The number of nitrogens with two attached hydrogens (primary N) is 2. The van der Waals surface area contributed by atoms with Crippen molar-refractivity contribution in [3.05, 3.63) is 52.4 Å². The highest BCUT2D eigenvalue weighted by Gasteiger charge is 2.18. The Morgan fingerprint density at radius 2 is 2.11 bits per heavy atom. The normalized spacial score (nSPS) is 12.4. The molecule has 2 aromatic rings. The molecule has 0 amide bonds. The number of nitrogens with one attached hydrogen (secondary N) is 1. The molecule has 0 aromatic carbocycles. The van der Waals surface area contributed by atoms with Gasteiger partial charge in [0.1, 0.15) is 5.82 Å². The Bertz CT molecular complexity index is 558. The highest BCUT2D eigenvalue weighted by Crippen LogP contribution is 2.28. The summed E-state index contributed by atoms with van der Waals surface area (Å²) < 4.78 is 0. The van der Waals surface area contributed by atoms with Crippen molar-refractivity contribution < 1.29 is 0 Å². The monoisotopic (exact) mass is 263 g/mol. The van der Waals surface area contributed by atoms with Crippen LogP contribution < -0.4 is 17.0 Å². The molecule has 94 valence electrons. The van der Waals surface area contributed by atoms with Crippen molar-refractivity contribution in [3.8, 4) is 0 Å². The fourth-order valence-corrected chi connectivity index (χ4v) is 2.02. The average Bonchev–Trinajstić information content (AvgIpc) is 2.36. The number of halogens is 1. The summed E-state index contributed by atoms with van der Waals surface area (Å²) in [6.45, 7) is 1.96. The largest absolute Gasteiger partial charge is 0.383 e. The smallest absolute Gasteiger partial charge is 0.128 e. The van der Waals surface area contributed by atoms with Gasteiger partial charge in [-0.2, -0.15) is 0 Å². The highest BCUT2D eigenvalue weighted by atomic mass is 35.5. The van der Waals surface area contributed by atoms with Crippen LogP contribution in [-0.4, -0.2) is 9.97 Å². The van der Waals surface area contributed by atoms with Gasteiger partial charge in [-0.15, -0.1) is 0 Å². The third-order valence-electron chi connectivity index (χ3n) is 2.77. The number of aryl methyl sites for hydroxylation is 1. The number of aromatic nitrogens is 2. The van der Waals surface area contributed by atoms with Crippen LogP contribution in [0.2, 0.25) is 5.02 Å². The summed E-state index contributed by atoms with van der Waals surface area (Å²) in [6, 6.07) is 3.38. The van der Waals surface area contributed by atoms with Gasteiger partial charge in [-0.05, 0) is 30.2 Å². The third-order valence-corrected chi connectivity index (χ3v) is 2.98. The van der Waals surface area contributed by atoms with Crippen molar-refractivity contribution in [1.82, 2.24) is 15.4 Å². The van der Waals surface area contributed by atoms with Crippen molar-refractivity contribution in [1.29, 1.82) is 0 Å². The summed E-state index contributed by atoms with van der Waals surface area (Å²) in [7, 11) is 0. The van der Waals surface area contributed by atoms with Crippen molar-refractivity contribution in [3.63, 3.8) is 0 Å². The van der Waals surface area contributed by atoms with Crippen LogP contribution in [0.1, 0.15) is 22.7 Å². The molecule has 0 aliphatic carbocycles. The van der Waals surface area contributed by atoms with Crippen LogP contribution in [0.25, 0.3) is 0 Å². The molecule has 2 heterocycles. The van der Waals surface area contributed by atoms with Gasteiger partial charge in [-0.1, -0.05) is 11.6 Å². The molecule has 0 fully saturated rings.